The molecule has 3 rings (SSSR count). The zero-order valence-corrected chi connectivity index (χ0v) is 22.1. The molecule has 0 spiro atoms. The lowest BCUT2D eigenvalue weighted by Gasteiger charge is -2.19. The molecular formula is C26H25F3N2O4S2. The normalized spacial score (nSPS) is 12.8. The fraction of sp³-hybridized carbons (Fsp3) is 0.231. The van der Waals surface area contributed by atoms with Crippen LogP contribution in [0, 0.1) is 10.8 Å². The molecule has 3 aromatic rings. The summed E-state index contributed by atoms with van der Waals surface area (Å²) in [5.41, 5.74) is -1.05. The summed E-state index contributed by atoms with van der Waals surface area (Å²) >= 11 is 1.11. The van der Waals surface area contributed by atoms with Crippen molar-refractivity contribution in [3.8, 4) is 16.9 Å². The molecule has 196 valence electrons. The van der Waals surface area contributed by atoms with Crippen molar-refractivity contribution in [3.05, 3.63) is 70.9 Å². The summed E-state index contributed by atoms with van der Waals surface area (Å²) in [7, 11) is -3.46. The first kappa shape index (κ1) is 28.1. The molecule has 0 aliphatic rings. The van der Waals surface area contributed by atoms with Crippen LogP contribution in [0.5, 0.6) is 5.75 Å². The third-order valence-electron chi connectivity index (χ3n) is 5.03. The van der Waals surface area contributed by atoms with E-state index in [2.05, 4.69) is 5.32 Å². The van der Waals surface area contributed by atoms with E-state index >= 15 is 0 Å². The third-order valence-corrected chi connectivity index (χ3v) is 7.10. The molecule has 1 heterocycles. The van der Waals surface area contributed by atoms with Crippen LogP contribution < -0.4 is 10.1 Å². The summed E-state index contributed by atoms with van der Waals surface area (Å²) in [6.07, 6.45) is -3.14. The van der Waals surface area contributed by atoms with Crippen molar-refractivity contribution in [3.63, 3.8) is 0 Å². The van der Waals surface area contributed by atoms with Gasteiger partial charge in [0.05, 0.1) is 26.6 Å². The number of benzene rings is 2. The van der Waals surface area contributed by atoms with E-state index in [0.29, 0.717) is 22.1 Å². The number of esters is 1. The number of halogens is 3. The van der Waals surface area contributed by atoms with E-state index in [4.69, 9.17) is 10.1 Å². The smallest absolute Gasteiger partial charge is 0.424 e. The van der Waals surface area contributed by atoms with Crippen molar-refractivity contribution < 1.29 is 31.1 Å². The Morgan fingerprint density at radius 3 is 2.32 bits per heavy atom. The Balaban J connectivity index is 2.04. The first-order chi connectivity index (χ1) is 17.1. The van der Waals surface area contributed by atoms with Gasteiger partial charge in [-0.3, -0.25) is 10.2 Å². The number of thiophene rings is 1. The Bertz CT molecular complexity index is 1470. The maximum atomic E-state index is 13.3. The number of carbonyl (C=O) groups excluding carboxylic acids is 1. The molecule has 0 radical (unpaired) electrons. The number of nitrogens with one attached hydrogen (secondary N) is 2. The van der Waals surface area contributed by atoms with Crippen molar-refractivity contribution in [2.45, 2.75) is 31.8 Å². The zero-order valence-electron chi connectivity index (χ0n) is 20.4. The highest BCUT2D eigenvalue weighted by Gasteiger charge is 2.33. The molecule has 0 aliphatic heterocycles. The summed E-state index contributed by atoms with van der Waals surface area (Å²) < 4.78 is 69.1. The van der Waals surface area contributed by atoms with Gasteiger partial charge < -0.3 is 10.1 Å². The number of rotatable bonds is 7. The fourth-order valence-corrected chi connectivity index (χ4v) is 4.54. The highest BCUT2D eigenvalue weighted by molar-refractivity contribution is 7.90. The van der Waals surface area contributed by atoms with Gasteiger partial charge in [0.25, 0.3) is 0 Å². The molecule has 0 unspecified atom stereocenters. The Morgan fingerprint density at radius 1 is 1.03 bits per heavy atom. The van der Waals surface area contributed by atoms with E-state index in [-0.39, 0.29) is 22.0 Å². The maximum Gasteiger partial charge on any atom is 0.432 e. The SMILES string of the molecule is CC(C)(C)C(=O)Oc1ccccc1N/C(=C\C(=N)C(F)(F)F)c1cc(-c2cccc(S(C)(=O)=O)c2)cs1. The second-order valence-corrected chi connectivity index (χ2v) is 12.2. The minimum atomic E-state index is -4.88. The number of alkyl halides is 3. The van der Waals surface area contributed by atoms with Crippen LogP contribution >= 0.6 is 11.3 Å². The van der Waals surface area contributed by atoms with E-state index in [0.717, 1.165) is 17.6 Å². The standard InChI is InChI=1S/C26H25F3N2O4S2/c1-25(2,3)24(32)35-21-11-6-5-10-19(21)31-20(14-23(30)26(27,28)29)22-13-17(15-36-22)16-8-7-9-18(12-16)37(4,33)34/h5-15,30-31H,1-4H3/b20-14-,30-23?. The van der Waals surface area contributed by atoms with E-state index in [1.165, 1.54) is 18.2 Å². The minimum Gasteiger partial charge on any atom is -0.424 e. The molecule has 2 aromatic carbocycles. The topological polar surface area (TPSA) is 96.3 Å². The van der Waals surface area contributed by atoms with Gasteiger partial charge in [-0.1, -0.05) is 24.3 Å². The highest BCUT2D eigenvalue weighted by Crippen LogP contribution is 2.35. The van der Waals surface area contributed by atoms with E-state index in [1.807, 2.05) is 0 Å². The molecule has 11 heteroatoms. The van der Waals surface area contributed by atoms with Crippen molar-refractivity contribution >= 4 is 44.2 Å². The first-order valence-electron chi connectivity index (χ1n) is 10.9. The molecule has 37 heavy (non-hydrogen) atoms. The van der Waals surface area contributed by atoms with Crippen molar-refractivity contribution in [1.82, 2.24) is 0 Å². The number of ether oxygens (including phenoxy) is 1. The lowest BCUT2D eigenvalue weighted by Crippen LogP contribution is -2.26. The quantitative estimate of drug-likeness (QED) is 0.192. The summed E-state index contributed by atoms with van der Waals surface area (Å²) in [6.45, 7) is 5.02. The molecule has 6 nitrogen and oxygen atoms in total. The number of carbonyl (C=O) groups is 1. The lowest BCUT2D eigenvalue weighted by atomic mass is 9.97. The second kappa shape index (κ2) is 10.5. The van der Waals surface area contributed by atoms with Crippen LogP contribution in [0.3, 0.4) is 0 Å². The predicted molar refractivity (Wildman–Crippen MR) is 140 cm³/mol. The van der Waals surface area contributed by atoms with Gasteiger partial charge in [0, 0.05) is 6.26 Å². The Hall–Kier alpha value is -3.44. The zero-order chi connectivity index (χ0) is 27.6. The van der Waals surface area contributed by atoms with Crippen LogP contribution in [0.4, 0.5) is 18.9 Å². The molecular weight excluding hydrogens is 525 g/mol. The Labute approximate surface area is 217 Å². The van der Waals surface area contributed by atoms with Gasteiger partial charge in [-0.05, 0) is 73.7 Å². The van der Waals surface area contributed by atoms with Crippen LogP contribution in [-0.2, 0) is 14.6 Å². The van der Waals surface area contributed by atoms with Crippen LogP contribution in [0.1, 0.15) is 25.6 Å². The summed E-state index contributed by atoms with van der Waals surface area (Å²) in [4.78, 5) is 12.9. The maximum absolute atomic E-state index is 13.3. The molecule has 0 bridgehead atoms. The van der Waals surface area contributed by atoms with Crippen LogP contribution in [0.2, 0.25) is 0 Å². The number of sulfone groups is 1. The largest absolute Gasteiger partial charge is 0.432 e. The molecule has 0 amide bonds. The van der Waals surface area contributed by atoms with Crippen molar-refractivity contribution in [2.75, 3.05) is 11.6 Å². The number of para-hydroxylation sites is 2. The Kier molecular flexibility index (Phi) is 7.99. The van der Waals surface area contributed by atoms with Crippen LogP contribution in [0.25, 0.3) is 16.8 Å². The summed E-state index contributed by atoms with van der Waals surface area (Å²) in [5, 5.41) is 12.1. The highest BCUT2D eigenvalue weighted by atomic mass is 32.2. The minimum absolute atomic E-state index is 0.0444. The average Bonchev–Trinajstić information content (AvgIpc) is 3.28. The van der Waals surface area contributed by atoms with E-state index in [1.54, 1.807) is 62.5 Å². The van der Waals surface area contributed by atoms with Crippen LogP contribution in [0.15, 0.2) is 70.9 Å². The van der Waals surface area contributed by atoms with Gasteiger partial charge in [0.1, 0.15) is 5.71 Å². The van der Waals surface area contributed by atoms with Gasteiger partial charge >= 0.3 is 12.1 Å². The monoisotopic (exact) mass is 550 g/mol. The van der Waals surface area contributed by atoms with Crippen LogP contribution in [-0.4, -0.2) is 32.5 Å². The van der Waals surface area contributed by atoms with Gasteiger partial charge in [-0.25, -0.2) is 8.42 Å². The molecule has 0 fully saturated rings. The van der Waals surface area contributed by atoms with Crippen molar-refractivity contribution in [2.24, 2.45) is 5.41 Å². The average molecular weight is 551 g/mol. The molecule has 2 N–H and O–H groups in total. The summed E-state index contributed by atoms with van der Waals surface area (Å²) in [5.74, 6) is -0.413. The molecule has 1 aromatic heterocycles. The molecule has 0 atom stereocenters. The fourth-order valence-electron chi connectivity index (χ4n) is 2.99. The number of hydrogen-bond acceptors (Lipinski definition) is 7. The second-order valence-electron chi connectivity index (χ2n) is 9.23. The number of anilines is 1. The number of allylic oxidation sites excluding steroid dienone is 1. The van der Waals surface area contributed by atoms with E-state index in [9.17, 15) is 26.4 Å². The van der Waals surface area contributed by atoms with Gasteiger partial charge in [-0.15, -0.1) is 11.3 Å². The number of hydrogen-bond donors (Lipinski definition) is 2. The molecule has 0 saturated heterocycles. The third kappa shape index (κ3) is 7.30. The predicted octanol–water partition coefficient (Wildman–Crippen LogP) is 6.81. The Morgan fingerprint density at radius 2 is 1.70 bits per heavy atom. The van der Waals surface area contributed by atoms with Gasteiger partial charge in [0.2, 0.25) is 0 Å². The van der Waals surface area contributed by atoms with Gasteiger partial charge in [-0.2, -0.15) is 13.2 Å². The summed E-state index contributed by atoms with van der Waals surface area (Å²) in [6, 6.07) is 14.1. The lowest BCUT2D eigenvalue weighted by molar-refractivity contribution is -0.142. The van der Waals surface area contributed by atoms with E-state index < -0.39 is 33.1 Å². The van der Waals surface area contributed by atoms with Crippen molar-refractivity contribution in [1.29, 1.82) is 5.41 Å². The first-order valence-corrected chi connectivity index (χ1v) is 13.7. The van der Waals surface area contributed by atoms with Gasteiger partial charge in [0.15, 0.2) is 15.6 Å². The molecule has 0 saturated carbocycles. The molecule has 0 aliphatic carbocycles.